The Kier molecular flexibility index (Phi) is 5.82. The lowest BCUT2D eigenvalue weighted by Gasteiger charge is -2.22. The summed E-state index contributed by atoms with van der Waals surface area (Å²) < 4.78 is 2.64. The minimum atomic E-state index is -0.128. The second kappa shape index (κ2) is 10.2. The molecule has 0 amide bonds. The zero-order chi connectivity index (χ0) is 32.0. The number of rotatable bonds is 3. The summed E-state index contributed by atoms with van der Waals surface area (Å²) in [4.78, 5) is 9.75. The molecule has 48 heavy (non-hydrogen) atoms. The minimum Gasteiger partial charge on any atom is -0.264 e. The van der Waals surface area contributed by atoms with Crippen LogP contribution in [0.15, 0.2) is 146 Å². The number of benzene rings is 6. The Labute approximate surface area is 283 Å². The van der Waals surface area contributed by atoms with Crippen molar-refractivity contribution in [2.45, 2.75) is 19.3 Å². The lowest BCUT2D eigenvalue weighted by atomic mass is 9.81. The minimum absolute atomic E-state index is 0.128. The van der Waals surface area contributed by atoms with Gasteiger partial charge >= 0.3 is 0 Å². The molecular weight excluding hydrogens is 601 g/mol. The second-order valence-electron chi connectivity index (χ2n) is 13.4. The maximum Gasteiger partial charge on any atom is 0.0788 e. The lowest BCUT2D eigenvalue weighted by Crippen LogP contribution is -2.15. The number of fused-ring (bicyclic) bond motifs is 10. The van der Waals surface area contributed by atoms with Crippen molar-refractivity contribution in [3.8, 4) is 44.6 Å². The summed E-state index contributed by atoms with van der Waals surface area (Å²) in [7, 11) is 0. The highest BCUT2D eigenvalue weighted by Crippen LogP contribution is 2.51. The summed E-state index contributed by atoms with van der Waals surface area (Å²) in [6, 6.07) is 48.8. The van der Waals surface area contributed by atoms with E-state index in [1.807, 2.05) is 29.8 Å². The average Bonchev–Trinajstić information content (AvgIpc) is 3.63. The van der Waals surface area contributed by atoms with Crippen LogP contribution >= 0.6 is 11.3 Å². The van der Waals surface area contributed by atoms with E-state index in [1.165, 1.54) is 75.3 Å². The molecule has 2 nitrogen and oxygen atoms in total. The largest absolute Gasteiger partial charge is 0.264 e. The van der Waals surface area contributed by atoms with E-state index in [4.69, 9.17) is 4.98 Å². The normalized spacial score (nSPS) is 13.4. The fraction of sp³-hybridized carbons (Fsp3) is 0.0667. The average molecular weight is 631 g/mol. The summed E-state index contributed by atoms with van der Waals surface area (Å²) in [5.74, 6) is 0. The first-order chi connectivity index (χ1) is 23.5. The molecule has 3 heteroatoms. The van der Waals surface area contributed by atoms with Gasteiger partial charge in [-0.15, -0.1) is 11.3 Å². The summed E-state index contributed by atoms with van der Waals surface area (Å²) in [6.45, 7) is 4.70. The Morgan fingerprint density at radius 1 is 0.521 bits per heavy atom. The number of aromatic nitrogens is 2. The van der Waals surface area contributed by atoms with E-state index >= 15 is 0 Å². The third-order valence-corrected chi connectivity index (χ3v) is 11.6. The quantitative estimate of drug-likeness (QED) is 0.182. The molecule has 226 valence electrons. The molecule has 0 unspecified atom stereocenters. The van der Waals surface area contributed by atoms with Gasteiger partial charge in [0.05, 0.1) is 11.2 Å². The molecule has 10 rings (SSSR count). The summed E-state index contributed by atoms with van der Waals surface area (Å²) >= 11 is 1.89. The van der Waals surface area contributed by atoms with E-state index in [1.54, 1.807) is 0 Å². The van der Waals surface area contributed by atoms with E-state index < -0.39 is 0 Å². The molecule has 0 saturated carbocycles. The Morgan fingerprint density at radius 3 is 1.94 bits per heavy atom. The highest BCUT2D eigenvalue weighted by molar-refractivity contribution is 7.26. The van der Waals surface area contributed by atoms with Gasteiger partial charge in [-0.1, -0.05) is 117 Å². The van der Waals surface area contributed by atoms with Gasteiger partial charge in [0.2, 0.25) is 0 Å². The fourth-order valence-electron chi connectivity index (χ4n) is 7.90. The van der Waals surface area contributed by atoms with Crippen molar-refractivity contribution in [2.24, 2.45) is 0 Å². The summed E-state index contributed by atoms with van der Waals surface area (Å²) in [6.07, 6.45) is 3.77. The van der Waals surface area contributed by atoms with Crippen LogP contribution in [0.25, 0.3) is 86.5 Å². The molecule has 6 aromatic carbocycles. The fourth-order valence-corrected chi connectivity index (χ4v) is 9.16. The van der Waals surface area contributed by atoms with E-state index in [2.05, 4.69) is 146 Å². The van der Waals surface area contributed by atoms with Gasteiger partial charge in [-0.05, 0) is 74.8 Å². The first-order valence-electron chi connectivity index (χ1n) is 16.5. The zero-order valence-electron chi connectivity index (χ0n) is 26.7. The highest BCUT2D eigenvalue weighted by atomic mass is 32.1. The van der Waals surface area contributed by atoms with Gasteiger partial charge in [-0.25, -0.2) is 4.98 Å². The first kappa shape index (κ1) is 27.5. The van der Waals surface area contributed by atoms with Crippen LogP contribution in [0.5, 0.6) is 0 Å². The first-order valence-corrected chi connectivity index (χ1v) is 17.3. The van der Waals surface area contributed by atoms with E-state index in [0.29, 0.717) is 0 Å². The van der Waals surface area contributed by atoms with Gasteiger partial charge in [0.15, 0.2) is 0 Å². The van der Waals surface area contributed by atoms with Crippen LogP contribution in [0.3, 0.4) is 0 Å². The SMILES string of the molecule is CC1(C)c2cc(-c3cccnc3)ccc2-c2ccc(-c3ccc4c(c3)nc(-c3ccccc3)c3ccc5c6ccccc6sc5c34)cc21. The highest BCUT2D eigenvalue weighted by Gasteiger charge is 2.36. The molecule has 3 heterocycles. The Bertz CT molecular complexity index is 2740. The Balaban J connectivity index is 1.16. The molecule has 0 spiro atoms. The molecule has 0 N–H and O–H groups in total. The third kappa shape index (κ3) is 3.98. The van der Waals surface area contributed by atoms with Gasteiger partial charge in [-0.2, -0.15) is 0 Å². The van der Waals surface area contributed by atoms with Gasteiger partial charge in [0, 0.05) is 59.7 Å². The van der Waals surface area contributed by atoms with Crippen molar-refractivity contribution in [3.05, 3.63) is 157 Å². The molecule has 0 aliphatic heterocycles. The number of hydrogen-bond donors (Lipinski definition) is 0. The van der Waals surface area contributed by atoms with Crippen LogP contribution in [-0.2, 0) is 5.41 Å². The predicted octanol–water partition coefficient (Wildman–Crippen LogP) is 12.5. The molecule has 1 aliphatic carbocycles. The molecule has 0 radical (unpaired) electrons. The summed E-state index contributed by atoms with van der Waals surface area (Å²) in [5, 5.41) is 6.31. The zero-order valence-corrected chi connectivity index (χ0v) is 27.5. The molecule has 0 atom stereocenters. The summed E-state index contributed by atoms with van der Waals surface area (Å²) in [5.41, 5.74) is 13.2. The maximum atomic E-state index is 5.39. The van der Waals surface area contributed by atoms with Crippen LogP contribution in [-0.4, -0.2) is 9.97 Å². The Hall–Kier alpha value is -5.64. The van der Waals surface area contributed by atoms with Crippen LogP contribution in [0, 0.1) is 0 Å². The smallest absolute Gasteiger partial charge is 0.0788 e. The predicted molar refractivity (Wildman–Crippen MR) is 204 cm³/mol. The van der Waals surface area contributed by atoms with Gasteiger partial charge in [0.1, 0.15) is 0 Å². The lowest BCUT2D eigenvalue weighted by molar-refractivity contribution is 0.661. The van der Waals surface area contributed by atoms with Crippen LogP contribution in [0.4, 0.5) is 0 Å². The van der Waals surface area contributed by atoms with Crippen molar-refractivity contribution < 1.29 is 0 Å². The maximum absolute atomic E-state index is 5.39. The molecule has 0 bridgehead atoms. The molecule has 1 aliphatic rings. The molecule has 0 saturated heterocycles. The monoisotopic (exact) mass is 630 g/mol. The number of hydrogen-bond acceptors (Lipinski definition) is 3. The van der Waals surface area contributed by atoms with Crippen LogP contribution in [0.2, 0.25) is 0 Å². The topological polar surface area (TPSA) is 25.8 Å². The van der Waals surface area contributed by atoms with Crippen molar-refractivity contribution >= 4 is 53.2 Å². The molecule has 0 fully saturated rings. The third-order valence-electron chi connectivity index (χ3n) is 10.4. The van der Waals surface area contributed by atoms with Crippen LogP contribution in [0.1, 0.15) is 25.0 Å². The number of pyridine rings is 2. The van der Waals surface area contributed by atoms with Crippen molar-refractivity contribution in [2.75, 3.05) is 0 Å². The van der Waals surface area contributed by atoms with Gasteiger partial charge < -0.3 is 0 Å². The van der Waals surface area contributed by atoms with Crippen LogP contribution < -0.4 is 0 Å². The second-order valence-corrected chi connectivity index (χ2v) is 14.5. The van der Waals surface area contributed by atoms with E-state index in [-0.39, 0.29) is 5.41 Å². The van der Waals surface area contributed by atoms with Crippen molar-refractivity contribution in [1.82, 2.24) is 9.97 Å². The van der Waals surface area contributed by atoms with Crippen molar-refractivity contribution in [3.63, 3.8) is 0 Å². The van der Waals surface area contributed by atoms with Gasteiger partial charge in [-0.3, -0.25) is 4.98 Å². The number of nitrogens with zero attached hydrogens (tertiary/aromatic N) is 2. The van der Waals surface area contributed by atoms with Crippen molar-refractivity contribution in [1.29, 1.82) is 0 Å². The Morgan fingerprint density at radius 2 is 1.17 bits per heavy atom. The van der Waals surface area contributed by atoms with E-state index in [0.717, 1.165) is 22.3 Å². The van der Waals surface area contributed by atoms with E-state index in [9.17, 15) is 0 Å². The standard InChI is InChI=1S/C45H30N2S/c1-45(2)38-23-28(14-17-32(38)33-18-15-29(24-39(33)45)31-11-8-22-46-26-31)30-16-19-36-40(25-30)47-43(27-9-4-3-5-10-27)37-21-20-35-34-12-6-7-13-41(34)48-44(35)42(36)37/h3-26H,1-2H3. The number of thiophene rings is 1. The van der Waals surface area contributed by atoms with Gasteiger partial charge in [0.25, 0.3) is 0 Å². The molecule has 9 aromatic rings. The molecule has 3 aromatic heterocycles. The molecular formula is C45H30N2S.